The minimum absolute atomic E-state index is 0.0601. The van der Waals surface area contributed by atoms with Gasteiger partial charge in [-0.2, -0.15) is 5.43 Å². The first-order valence-electron chi connectivity index (χ1n) is 9.76. The fourth-order valence-electron chi connectivity index (χ4n) is 3.40. The predicted molar refractivity (Wildman–Crippen MR) is 126 cm³/mol. The third-order valence-corrected chi connectivity index (χ3v) is 8.73. The summed E-state index contributed by atoms with van der Waals surface area (Å²) in [4.78, 5) is 64.4. The number of thioether (sulfide) groups is 2. The summed E-state index contributed by atoms with van der Waals surface area (Å²) in [6.07, 6.45) is 0. The summed E-state index contributed by atoms with van der Waals surface area (Å²) in [7, 11) is 1.26. The van der Waals surface area contributed by atoms with E-state index in [1.807, 2.05) is 0 Å². The quantitative estimate of drug-likeness (QED) is 0.0686. The van der Waals surface area contributed by atoms with Crippen molar-refractivity contribution >= 4 is 77.3 Å². The molecule has 3 amide bonds. The van der Waals surface area contributed by atoms with Crippen LogP contribution in [-0.2, 0) is 24.0 Å². The molecule has 0 radical (unpaired) electrons. The number of aliphatic carboxylic acids is 1. The van der Waals surface area contributed by atoms with E-state index in [9.17, 15) is 29.5 Å². The van der Waals surface area contributed by atoms with E-state index >= 15 is 0 Å². The zero-order valence-corrected chi connectivity index (χ0v) is 21.2. The molecule has 0 saturated carbocycles. The van der Waals surface area contributed by atoms with Crippen molar-refractivity contribution in [1.82, 2.24) is 20.6 Å². The van der Waals surface area contributed by atoms with Crippen LogP contribution in [0.4, 0.5) is 4.69 Å². The molecule has 35 heavy (non-hydrogen) atoms. The number of carbonyl (C=O) groups excluding carboxylic acids is 3. The summed E-state index contributed by atoms with van der Waals surface area (Å²) in [6.45, 7) is -0.189. The molecular weight excluding hydrogens is 571 g/mol. The van der Waals surface area contributed by atoms with Crippen molar-refractivity contribution in [1.29, 1.82) is 0 Å². The van der Waals surface area contributed by atoms with Gasteiger partial charge in [0.25, 0.3) is 11.1 Å². The zero-order valence-electron chi connectivity index (χ0n) is 17.8. The van der Waals surface area contributed by atoms with Gasteiger partial charge in [0.2, 0.25) is 0 Å². The van der Waals surface area contributed by atoms with Crippen LogP contribution in [0.15, 0.2) is 26.4 Å². The molecule has 0 aliphatic carbocycles. The molecule has 1 aromatic heterocycles. The number of hydrogen-bond donors (Lipinski definition) is 5. The van der Waals surface area contributed by atoms with Gasteiger partial charge >= 0.3 is 169 Å². The number of hydrogen-bond acceptors (Lipinski definition) is 12. The Morgan fingerprint density at radius 1 is 1.54 bits per heavy atom. The zero-order chi connectivity index (χ0) is 25.3. The molecule has 4 heterocycles. The summed E-state index contributed by atoms with van der Waals surface area (Å²) in [5, 5.41) is 26.7. The number of nitrogens with one attached hydrogen (secondary N) is 3. The number of nitrogen functional groups attached to an aromatic ring is 1. The molecule has 3 atom stereocenters. The van der Waals surface area contributed by atoms with Gasteiger partial charge in [0.15, 0.2) is 0 Å². The van der Waals surface area contributed by atoms with Gasteiger partial charge in [0, 0.05) is 0 Å². The van der Waals surface area contributed by atoms with Gasteiger partial charge in [-0.3, -0.25) is 4.79 Å². The number of amidine groups is 1. The molecule has 1 saturated heterocycles. The van der Waals surface area contributed by atoms with Crippen molar-refractivity contribution in [3.05, 3.63) is 27.1 Å². The van der Waals surface area contributed by atoms with Crippen molar-refractivity contribution in [2.24, 2.45) is 10.1 Å². The van der Waals surface area contributed by atoms with Crippen LogP contribution in [0.1, 0.15) is 5.69 Å². The van der Waals surface area contributed by atoms with Crippen LogP contribution < -0.4 is 21.6 Å². The van der Waals surface area contributed by atoms with Gasteiger partial charge < -0.3 is 5.21 Å². The number of oxime groups is 1. The number of aliphatic imine (C=N–C) groups is 1. The Bertz CT molecular complexity index is 1180. The molecular formula is C17H18N8O7S2Se. The summed E-state index contributed by atoms with van der Waals surface area (Å²) in [5.41, 5.74) is 8.13. The summed E-state index contributed by atoms with van der Waals surface area (Å²) in [6, 6.07) is -0.980. The second-order valence-corrected chi connectivity index (χ2v) is 11.0. The van der Waals surface area contributed by atoms with Gasteiger partial charge in [-0.25, -0.2) is 10.2 Å². The predicted octanol–water partition coefficient (Wildman–Crippen LogP) is -3.67. The summed E-state index contributed by atoms with van der Waals surface area (Å²) < 4.78 is 0.364. The number of anilines is 1. The number of fused-ring (bicyclic) bond motifs is 1. The number of aromatic nitrogens is 1. The van der Waals surface area contributed by atoms with Crippen molar-refractivity contribution in [2.75, 3.05) is 30.9 Å². The molecule has 1 aromatic rings. The fraction of sp³-hybridized carbons (Fsp3) is 0.353. The monoisotopic (exact) mass is 590 g/mol. The Morgan fingerprint density at radius 3 is 2.94 bits per heavy atom. The van der Waals surface area contributed by atoms with E-state index in [0.717, 1.165) is 16.7 Å². The van der Waals surface area contributed by atoms with Crippen molar-refractivity contribution in [3.63, 3.8) is 0 Å². The Labute approximate surface area is 211 Å². The average Bonchev–Trinajstić information content (AvgIpc) is 3.25. The van der Waals surface area contributed by atoms with Gasteiger partial charge in [-0.05, 0) is 0 Å². The molecule has 1 fully saturated rings. The van der Waals surface area contributed by atoms with Gasteiger partial charge in [-0.15, -0.1) is 0 Å². The van der Waals surface area contributed by atoms with Crippen LogP contribution in [0.3, 0.4) is 0 Å². The van der Waals surface area contributed by atoms with Crippen LogP contribution in [0.5, 0.6) is 0 Å². The second-order valence-electron chi connectivity index (χ2n) is 7.10. The number of carboxylic acid groups (broad SMARTS) is 1. The number of amides is 3. The molecule has 3 aliphatic rings. The van der Waals surface area contributed by atoms with Gasteiger partial charge in [0.05, 0.1) is 0 Å². The number of β-lactam (4-membered cyclic amide) rings is 1. The van der Waals surface area contributed by atoms with Crippen LogP contribution in [0.2, 0.25) is 0 Å². The fourth-order valence-corrected chi connectivity index (χ4v) is 6.91. The number of rotatable bonds is 7. The molecule has 4 rings (SSSR count). The minimum atomic E-state index is -1.31. The summed E-state index contributed by atoms with van der Waals surface area (Å²) in [5.74, 6) is -2.79. The molecule has 3 aliphatic heterocycles. The van der Waals surface area contributed by atoms with E-state index in [1.54, 1.807) is 4.94 Å². The first-order chi connectivity index (χ1) is 16.7. The Balaban J connectivity index is 1.47. The van der Waals surface area contributed by atoms with Crippen LogP contribution >= 0.6 is 23.5 Å². The first-order valence-corrected chi connectivity index (χ1v) is 13.6. The molecule has 186 valence electrons. The molecule has 1 unspecified atom stereocenters. The van der Waals surface area contributed by atoms with Crippen molar-refractivity contribution in [2.45, 2.75) is 11.4 Å². The van der Waals surface area contributed by atoms with E-state index in [4.69, 9.17) is 10.6 Å². The normalized spacial score (nSPS) is 24.3. The average molecular weight is 589 g/mol. The van der Waals surface area contributed by atoms with Crippen molar-refractivity contribution < 1.29 is 34.3 Å². The van der Waals surface area contributed by atoms with Crippen molar-refractivity contribution in [3.8, 4) is 0 Å². The molecule has 15 nitrogen and oxygen atoms in total. The van der Waals surface area contributed by atoms with E-state index in [-0.39, 0.29) is 54.8 Å². The molecule has 0 aromatic carbocycles. The first kappa shape index (κ1) is 25.2. The molecule has 0 bridgehead atoms. The van der Waals surface area contributed by atoms with Gasteiger partial charge in [-0.1, -0.05) is 0 Å². The Morgan fingerprint density at radius 2 is 2.31 bits per heavy atom. The molecule has 18 heteroatoms. The molecule has 6 N–H and O–H groups in total. The number of nitrogens with two attached hydrogens (primary N) is 1. The van der Waals surface area contributed by atoms with E-state index in [1.165, 1.54) is 18.9 Å². The Kier molecular flexibility index (Phi) is 7.48. The number of quaternary nitrogens is 1. The maximum atomic E-state index is 12.9. The Hall–Kier alpha value is -2.89. The maximum absolute atomic E-state index is 12.9. The van der Waals surface area contributed by atoms with Gasteiger partial charge in [0.1, 0.15) is 6.54 Å². The van der Waals surface area contributed by atoms with E-state index in [2.05, 4.69) is 25.9 Å². The summed E-state index contributed by atoms with van der Waals surface area (Å²) >= 11 is 2.04. The SMILES string of the molecule is CON=C(C(=O)N[C@@H]1C(=O)N2C(C(=O)O)=C(CSC3=NCC(=O)N[NH+]3[O-])CS[C@H]12)c1c[se]c(N)n1. The van der Waals surface area contributed by atoms with E-state index in [0.29, 0.717) is 10.3 Å². The van der Waals surface area contributed by atoms with Crippen LogP contribution in [0, 0.1) is 5.21 Å². The molecule has 0 spiro atoms. The third-order valence-electron chi connectivity index (χ3n) is 4.90. The number of hydroxylamine groups is 1. The number of carboxylic acids is 1. The van der Waals surface area contributed by atoms with E-state index < -0.39 is 40.3 Å². The second kappa shape index (κ2) is 10.4. The standard InChI is InChI=1S/C17H18N8O7S2Se/c1-32-23-9(7-5-35-16(18)20-7)12(27)21-10-13(28)24-11(15(29)30)6(3-33-14(10)24)4-34-17-19-2-8(26)22-25(17)31/h5,10,14,25H,2-4H2,1H3,(H2,18,20)(H,21,27)(H,22,26)(H,29,30)/t10-,14-/m1/s1. The third kappa shape index (κ3) is 5.07. The number of nitrogens with zero attached hydrogens (tertiary/aromatic N) is 4. The number of carbonyl (C=O) groups is 4. The topological polar surface area (TPSA) is 216 Å². The van der Waals surface area contributed by atoms with Crippen LogP contribution in [-0.4, -0.2) is 101 Å². The van der Waals surface area contributed by atoms with Crippen LogP contribution in [0.25, 0.3) is 0 Å².